The van der Waals surface area contributed by atoms with Crippen molar-refractivity contribution in [3.05, 3.63) is 21.3 Å². The van der Waals surface area contributed by atoms with Crippen LogP contribution in [0.1, 0.15) is 32.1 Å². The summed E-state index contributed by atoms with van der Waals surface area (Å²) >= 11 is 7.48. The summed E-state index contributed by atoms with van der Waals surface area (Å²) in [6.45, 7) is 7.96. The normalized spacial score (nSPS) is 11.4. The van der Waals surface area contributed by atoms with Crippen LogP contribution in [0.4, 0.5) is 4.79 Å². The Bertz CT molecular complexity index is 416. The predicted molar refractivity (Wildman–Crippen MR) is 84.8 cm³/mol. The van der Waals surface area contributed by atoms with Crippen LogP contribution in [-0.4, -0.2) is 31.3 Å². The predicted octanol–water partition coefficient (Wildman–Crippen LogP) is 3.45. The minimum atomic E-state index is -0.440. The number of nitrogens with one attached hydrogen (secondary N) is 2. The number of alkyl carbamates (subject to hydrolysis) is 1. The Labute approximate surface area is 129 Å². The molecular formula is C14H23ClN2O2S. The number of amides is 1. The van der Waals surface area contributed by atoms with Gasteiger partial charge >= 0.3 is 6.09 Å². The van der Waals surface area contributed by atoms with E-state index in [2.05, 4.69) is 16.7 Å². The Morgan fingerprint density at radius 1 is 1.30 bits per heavy atom. The van der Waals surface area contributed by atoms with Crippen LogP contribution >= 0.6 is 22.9 Å². The molecule has 6 heteroatoms. The molecule has 0 atom stereocenters. The van der Waals surface area contributed by atoms with E-state index in [1.165, 1.54) is 4.88 Å². The van der Waals surface area contributed by atoms with Crippen LogP contribution in [0.25, 0.3) is 0 Å². The molecule has 0 radical (unpaired) electrons. The zero-order valence-electron chi connectivity index (χ0n) is 12.3. The van der Waals surface area contributed by atoms with Crippen molar-refractivity contribution in [2.24, 2.45) is 0 Å². The van der Waals surface area contributed by atoms with Crippen molar-refractivity contribution >= 4 is 29.0 Å². The highest BCUT2D eigenvalue weighted by atomic mass is 35.5. The molecule has 0 saturated carbocycles. The second-order valence-corrected chi connectivity index (χ2v) is 7.29. The largest absolute Gasteiger partial charge is 0.444 e. The summed E-state index contributed by atoms with van der Waals surface area (Å²) in [6, 6.07) is 3.98. The number of ether oxygens (including phenoxy) is 1. The molecule has 0 saturated heterocycles. The molecule has 0 aliphatic carbocycles. The lowest BCUT2D eigenvalue weighted by Crippen LogP contribution is -2.34. The lowest BCUT2D eigenvalue weighted by Gasteiger charge is -2.19. The number of carbonyl (C=O) groups excluding carboxylic acids is 1. The second kappa shape index (κ2) is 8.49. The maximum atomic E-state index is 11.4. The smallest absolute Gasteiger partial charge is 0.407 e. The molecular weight excluding hydrogens is 296 g/mol. The first-order chi connectivity index (χ1) is 9.37. The van der Waals surface area contributed by atoms with Crippen molar-refractivity contribution in [3.8, 4) is 0 Å². The molecule has 1 heterocycles. The molecule has 2 N–H and O–H groups in total. The van der Waals surface area contributed by atoms with Crippen molar-refractivity contribution in [1.82, 2.24) is 10.6 Å². The highest BCUT2D eigenvalue weighted by molar-refractivity contribution is 7.16. The summed E-state index contributed by atoms with van der Waals surface area (Å²) in [5, 5.41) is 6.07. The number of thiophene rings is 1. The van der Waals surface area contributed by atoms with Gasteiger partial charge < -0.3 is 15.4 Å². The summed E-state index contributed by atoms with van der Waals surface area (Å²) in [5.41, 5.74) is -0.440. The second-order valence-electron chi connectivity index (χ2n) is 5.49. The minimum absolute atomic E-state index is 0.356. The van der Waals surface area contributed by atoms with Crippen molar-refractivity contribution < 1.29 is 9.53 Å². The molecule has 1 amide bonds. The molecule has 0 spiro atoms. The SMILES string of the molecule is CC(C)(C)OC(=O)NCCCNCCc1ccc(Cl)s1. The van der Waals surface area contributed by atoms with Gasteiger partial charge in [-0.3, -0.25) is 0 Å². The fraction of sp³-hybridized carbons (Fsp3) is 0.643. The Balaban J connectivity index is 1.96. The highest BCUT2D eigenvalue weighted by Crippen LogP contribution is 2.21. The molecule has 0 aliphatic rings. The fourth-order valence-electron chi connectivity index (χ4n) is 1.54. The highest BCUT2D eigenvalue weighted by Gasteiger charge is 2.15. The van der Waals surface area contributed by atoms with E-state index in [0.717, 1.165) is 30.3 Å². The third-order valence-electron chi connectivity index (χ3n) is 2.38. The third-order valence-corrected chi connectivity index (χ3v) is 3.67. The van der Waals surface area contributed by atoms with Gasteiger partial charge in [-0.15, -0.1) is 11.3 Å². The van der Waals surface area contributed by atoms with Crippen LogP contribution < -0.4 is 10.6 Å². The van der Waals surface area contributed by atoms with E-state index in [9.17, 15) is 4.79 Å². The molecule has 1 aromatic heterocycles. The van der Waals surface area contributed by atoms with Gasteiger partial charge in [0.25, 0.3) is 0 Å². The van der Waals surface area contributed by atoms with Crippen LogP contribution in [0.15, 0.2) is 12.1 Å². The lowest BCUT2D eigenvalue weighted by molar-refractivity contribution is 0.0527. The first-order valence-corrected chi connectivity index (χ1v) is 7.98. The van der Waals surface area contributed by atoms with Crippen LogP contribution in [0.5, 0.6) is 0 Å². The van der Waals surface area contributed by atoms with Crippen molar-refractivity contribution in [2.45, 2.75) is 39.2 Å². The number of rotatable bonds is 7. The van der Waals surface area contributed by atoms with Gasteiger partial charge in [-0.05, 0) is 58.8 Å². The summed E-state index contributed by atoms with van der Waals surface area (Å²) in [5.74, 6) is 0. The number of carbonyl (C=O) groups is 1. The Kier molecular flexibility index (Phi) is 7.34. The maximum Gasteiger partial charge on any atom is 0.407 e. The van der Waals surface area contributed by atoms with Crippen LogP contribution in [-0.2, 0) is 11.2 Å². The Hall–Kier alpha value is -0.780. The maximum absolute atomic E-state index is 11.4. The Morgan fingerprint density at radius 3 is 2.65 bits per heavy atom. The summed E-state index contributed by atoms with van der Waals surface area (Å²) < 4.78 is 5.98. The standard InChI is InChI=1S/C14H23ClN2O2S/c1-14(2,3)19-13(18)17-9-4-8-16-10-7-11-5-6-12(15)20-11/h5-6,16H,4,7-10H2,1-3H3,(H,17,18). The molecule has 0 fully saturated rings. The molecule has 114 valence electrons. The topological polar surface area (TPSA) is 50.4 Å². The van der Waals surface area contributed by atoms with Crippen LogP contribution in [0.3, 0.4) is 0 Å². The minimum Gasteiger partial charge on any atom is -0.444 e. The van der Waals surface area contributed by atoms with Crippen molar-refractivity contribution in [1.29, 1.82) is 0 Å². The lowest BCUT2D eigenvalue weighted by atomic mass is 10.2. The van der Waals surface area contributed by atoms with E-state index in [1.54, 1.807) is 11.3 Å². The van der Waals surface area contributed by atoms with Crippen LogP contribution in [0, 0.1) is 0 Å². The van der Waals surface area contributed by atoms with E-state index >= 15 is 0 Å². The molecule has 1 aromatic rings. The van der Waals surface area contributed by atoms with Gasteiger partial charge in [0, 0.05) is 11.4 Å². The summed E-state index contributed by atoms with van der Waals surface area (Å²) in [7, 11) is 0. The third kappa shape index (κ3) is 8.40. The molecule has 0 bridgehead atoms. The van der Waals surface area contributed by atoms with Gasteiger partial charge in [0.05, 0.1) is 4.34 Å². The number of halogens is 1. The first-order valence-electron chi connectivity index (χ1n) is 6.78. The molecule has 20 heavy (non-hydrogen) atoms. The summed E-state index contributed by atoms with van der Waals surface area (Å²) in [4.78, 5) is 12.7. The monoisotopic (exact) mass is 318 g/mol. The zero-order chi connectivity index (χ0) is 15.0. The Morgan fingerprint density at radius 2 is 2.05 bits per heavy atom. The van der Waals surface area contributed by atoms with Crippen molar-refractivity contribution in [3.63, 3.8) is 0 Å². The van der Waals surface area contributed by atoms with Gasteiger partial charge in [0.15, 0.2) is 0 Å². The zero-order valence-corrected chi connectivity index (χ0v) is 13.9. The number of hydrogen-bond acceptors (Lipinski definition) is 4. The fourth-order valence-corrected chi connectivity index (χ4v) is 2.63. The quantitative estimate of drug-likeness (QED) is 0.757. The van der Waals surface area contributed by atoms with E-state index in [1.807, 2.05) is 26.8 Å². The number of hydrogen-bond donors (Lipinski definition) is 2. The van der Waals surface area contributed by atoms with Gasteiger partial charge in [-0.25, -0.2) is 4.79 Å². The molecule has 4 nitrogen and oxygen atoms in total. The van der Waals surface area contributed by atoms with E-state index in [-0.39, 0.29) is 6.09 Å². The van der Waals surface area contributed by atoms with E-state index in [0.29, 0.717) is 6.54 Å². The van der Waals surface area contributed by atoms with Crippen LogP contribution in [0.2, 0.25) is 4.34 Å². The van der Waals surface area contributed by atoms with E-state index in [4.69, 9.17) is 16.3 Å². The van der Waals surface area contributed by atoms with Gasteiger partial charge in [0.2, 0.25) is 0 Å². The molecule has 1 rings (SSSR count). The van der Waals surface area contributed by atoms with Gasteiger partial charge in [0.1, 0.15) is 5.60 Å². The van der Waals surface area contributed by atoms with E-state index < -0.39 is 5.60 Å². The van der Waals surface area contributed by atoms with Gasteiger partial charge in [-0.2, -0.15) is 0 Å². The van der Waals surface area contributed by atoms with Gasteiger partial charge in [-0.1, -0.05) is 11.6 Å². The first kappa shape index (κ1) is 17.3. The average Bonchev–Trinajstić information content (AvgIpc) is 2.71. The molecule has 0 aliphatic heterocycles. The molecule has 0 aromatic carbocycles. The average molecular weight is 319 g/mol. The molecule has 0 unspecified atom stereocenters. The van der Waals surface area contributed by atoms with Crippen molar-refractivity contribution in [2.75, 3.05) is 19.6 Å². The summed E-state index contributed by atoms with van der Waals surface area (Å²) in [6.07, 6.45) is 1.51.